The Bertz CT molecular complexity index is 512. The number of rotatable bonds is 6. The zero-order chi connectivity index (χ0) is 16.0. The molecule has 1 aromatic carbocycles. The van der Waals surface area contributed by atoms with Gasteiger partial charge in [-0.05, 0) is 26.0 Å². The molecule has 0 spiro atoms. The van der Waals surface area contributed by atoms with E-state index in [2.05, 4.69) is 0 Å². The van der Waals surface area contributed by atoms with Crippen molar-refractivity contribution in [3.05, 3.63) is 30.3 Å². The minimum absolute atomic E-state index is 0.179. The van der Waals surface area contributed by atoms with E-state index in [1.807, 2.05) is 18.2 Å². The molecular weight excluding hydrogens is 270 g/mol. The summed E-state index contributed by atoms with van der Waals surface area (Å²) in [5.74, 6) is -3.15. The number of para-hydroxylation sites is 1. The predicted molar refractivity (Wildman–Crippen MR) is 79.8 cm³/mol. The SMILES string of the molecule is CCOC(=O)C(C(C)=O)C(C)C(=O)N(C)c1ccccc1. The van der Waals surface area contributed by atoms with Gasteiger partial charge in [-0.1, -0.05) is 25.1 Å². The molecule has 1 rings (SSSR count). The Morgan fingerprint density at radius 3 is 2.24 bits per heavy atom. The van der Waals surface area contributed by atoms with Crippen molar-refractivity contribution in [3.8, 4) is 0 Å². The Hall–Kier alpha value is -2.17. The van der Waals surface area contributed by atoms with E-state index in [-0.39, 0.29) is 18.3 Å². The first-order valence-corrected chi connectivity index (χ1v) is 6.89. The van der Waals surface area contributed by atoms with Crippen molar-refractivity contribution < 1.29 is 19.1 Å². The van der Waals surface area contributed by atoms with Crippen LogP contribution in [0.5, 0.6) is 0 Å². The maximum atomic E-state index is 12.5. The van der Waals surface area contributed by atoms with Crippen LogP contribution in [0.1, 0.15) is 20.8 Å². The van der Waals surface area contributed by atoms with E-state index < -0.39 is 17.8 Å². The lowest BCUT2D eigenvalue weighted by Gasteiger charge is -2.25. The second-order valence-corrected chi connectivity index (χ2v) is 4.86. The van der Waals surface area contributed by atoms with Gasteiger partial charge in [-0.3, -0.25) is 14.4 Å². The third-order valence-corrected chi connectivity index (χ3v) is 3.34. The van der Waals surface area contributed by atoms with E-state index in [0.717, 1.165) is 0 Å². The quantitative estimate of drug-likeness (QED) is 0.594. The van der Waals surface area contributed by atoms with Gasteiger partial charge in [-0.2, -0.15) is 0 Å². The first-order valence-electron chi connectivity index (χ1n) is 6.89. The molecule has 5 nitrogen and oxygen atoms in total. The normalized spacial score (nSPS) is 13.1. The Morgan fingerprint density at radius 1 is 1.19 bits per heavy atom. The highest BCUT2D eigenvalue weighted by Gasteiger charge is 2.36. The largest absolute Gasteiger partial charge is 0.465 e. The molecule has 0 saturated carbocycles. The van der Waals surface area contributed by atoms with E-state index in [4.69, 9.17) is 4.74 Å². The molecule has 1 aromatic rings. The molecule has 2 atom stereocenters. The summed E-state index contributed by atoms with van der Waals surface area (Å²) in [5.41, 5.74) is 0.709. The summed E-state index contributed by atoms with van der Waals surface area (Å²) in [5, 5.41) is 0. The van der Waals surface area contributed by atoms with Crippen LogP contribution in [-0.2, 0) is 19.1 Å². The van der Waals surface area contributed by atoms with E-state index in [9.17, 15) is 14.4 Å². The monoisotopic (exact) mass is 291 g/mol. The first-order chi connectivity index (χ1) is 9.90. The highest BCUT2D eigenvalue weighted by Crippen LogP contribution is 2.21. The minimum Gasteiger partial charge on any atom is -0.465 e. The summed E-state index contributed by atoms with van der Waals surface area (Å²) in [4.78, 5) is 37.5. The molecule has 0 aliphatic rings. The third-order valence-electron chi connectivity index (χ3n) is 3.34. The van der Waals surface area contributed by atoms with Crippen molar-refractivity contribution in [1.82, 2.24) is 0 Å². The summed E-state index contributed by atoms with van der Waals surface area (Å²) < 4.78 is 4.89. The minimum atomic E-state index is -1.07. The Balaban J connectivity index is 2.93. The highest BCUT2D eigenvalue weighted by molar-refractivity contribution is 6.05. The maximum Gasteiger partial charge on any atom is 0.317 e. The lowest BCUT2D eigenvalue weighted by Crippen LogP contribution is -2.41. The van der Waals surface area contributed by atoms with Gasteiger partial charge in [0.05, 0.1) is 12.5 Å². The average molecular weight is 291 g/mol. The molecule has 2 unspecified atom stereocenters. The molecular formula is C16H21NO4. The van der Waals surface area contributed by atoms with Crippen molar-refractivity contribution in [1.29, 1.82) is 0 Å². The first kappa shape index (κ1) is 16.9. The number of anilines is 1. The molecule has 0 aliphatic heterocycles. The molecule has 0 radical (unpaired) electrons. The highest BCUT2D eigenvalue weighted by atomic mass is 16.5. The van der Waals surface area contributed by atoms with Gasteiger partial charge < -0.3 is 9.64 Å². The van der Waals surface area contributed by atoms with Crippen LogP contribution in [0.3, 0.4) is 0 Å². The van der Waals surface area contributed by atoms with Crippen molar-refractivity contribution >= 4 is 23.3 Å². The van der Waals surface area contributed by atoms with Gasteiger partial charge in [0.15, 0.2) is 0 Å². The van der Waals surface area contributed by atoms with Crippen LogP contribution in [0.4, 0.5) is 5.69 Å². The molecule has 1 amide bonds. The van der Waals surface area contributed by atoms with Gasteiger partial charge in [0.2, 0.25) is 5.91 Å². The smallest absolute Gasteiger partial charge is 0.317 e. The topological polar surface area (TPSA) is 63.7 Å². The van der Waals surface area contributed by atoms with E-state index in [1.54, 1.807) is 33.0 Å². The molecule has 0 fully saturated rings. The predicted octanol–water partition coefficient (Wildman–Crippen LogP) is 2.05. The van der Waals surface area contributed by atoms with Crippen LogP contribution in [0.25, 0.3) is 0 Å². The molecule has 114 valence electrons. The second kappa shape index (κ2) is 7.57. The van der Waals surface area contributed by atoms with Gasteiger partial charge in [0.25, 0.3) is 0 Å². The van der Waals surface area contributed by atoms with Gasteiger partial charge >= 0.3 is 5.97 Å². The van der Waals surface area contributed by atoms with E-state index in [0.29, 0.717) is 5.69 Å². The molecule has 0 N–H and O–H groups in total. The fraction of sp³-hybridized carbons (Fsp3) is 0.438. The van der Waals surface area contributed by atoms with Crippen LogP contribution in [-0.4, -0.2) is 31.3 Å². The number of carbonyl (C=O) groups excluding carboxylic acids is 3. The molecule has 5 heteroatoms. The number of ether oxygens (including phenoxy) is 1. The van der Waals surface area contributed by atoms with Crippen LogP contribution >= 0.6 is 0 Å². The number of ketones is 1. The standard InChI is InChI=1S/C16H21NO4/c1-5-21-16(20)14(12(3)18)11(2)15(19)17(4)13-9-7-6-8-10-13/h6-11,14H,5H2,1-4H3. The summed E-state index contributed by atoms with van der Waals surface area (Å²) in [6.45, 7) is 4.72. The second-order valence-electron chi connectivity index (χ2n) is 4.86. The lowest BCUT2D eigenvalue weighted by molar-refractivity contribution is -0.155. The number of esters is 1. The fourth-order valence-corrected chi connectivity index (χ4v) is 2.18. The van der Waals surface area contributed by atoms with Gasteiger partial charge in [0, 0.05) is 12.7 Å². The number of hydrogen-bond donors (Lipinski definition) is 0. The maximum absolute atomic E-state index is 12.5. The van der Waals surface area contributed by atoms with Crippen LogP contribution < -0.4 is 4.90 Å². The molecule has 21 heavy (non-hydrogen) atoms. The summed E-state index contributed by atoms with van der Waals surface area (Å²) >= 11 is 0. The zero-order valence-electron chi connectivity index (χ0n) is 12.8. The number of hydrogen-bond acceptors (Lipinski definition) is 4. The summed E-state index contributed by atoms with van der Waals surface area (Å²) in [7, 11) is 1.62. The number of benzene rings is 1. The number of Topliss-reactive ketones (excluding diaryl/α,β-unsaturated/α-hetero) is 1. The molecule has 0 bridgehead atoms. The Morgan fingerprint density at radius 2 is 1.76 bits per heavy atom. The van der Waals surface area contributed by atoms with Crippen molar-refractivity contribution in [2.45, 2.75) is 20.8 Å². The fourth-order valence-electron chi connectivity index (χ4n) is 2.18. The number of nitrogens with zero attached hydrogens (tertiary/aromatic N) is 1. The van der Waals surface area contributed by atoms with Crippen molar-refractivity contribution in [2.24, 2.45) is 11.8 Å². The van der Waals surface area contributed by atoms with E-state index in [1.165, 1.54) is 11.8 Å². The van der Waals surface area contributed by atoms with Gasteiger partial charge in [0.1, 0.15) is 11.7 Å². The third kappa shape index (κ3) is 4.15. The van der Waals surface area contributed by atoms with Crippen LogP contribution in [0.2, 0.25) is 0 Å². The van der Waals surface area contributed by atoms with Crippen LogP contribution in [0, 0.1) is 11.8 Å². The zero-order valence-corrected chi connectivity index (χ0v) is 12.8. The summed E-state index contributed by atoms with van der Waals surface area (Å²) in [6.07, 6.45) is 0. The summed E-state index contributed by atoms with van der Waals surface area (Å²) in [6, 6.07) is 9.06. The molecule has 0 saturated heterocycles. The van der Waals surface area contributed by atoms with Gasteiger partial charge in [-0.25, -0.2) is 0 Å². The van der Waals surface area contributed by atoms with Gasteiger partial charge in [-0.15, -0.1) is 0 Å². The molecule has 0 aromatic heterocycles. The van der Waals surface area contributed by atoms with Crippen LogP contribution in [0.15, 0.2) is 30.3 Å². The van der Waals surface area contributed by atoms with Crippen molar-refractivity contribution in [3.63, 3.8) is 0 Å². The Kier molecular flexibility index (Phi) is 6.09. The molecule has 0 aliphatic carbocycles. The number of amides is 1. The lowest BCUT2D eigenvalue weighted by atomic mass is 9.89. The van der Waals surface area contributed by atoms with E-state index >= 15 is 0 Å². The number of carbonyl (C=O) groups is 3. The Labute approximate surface area is 124 Å². The molecule has 0 heterocycles. The van der Waals surface area contributed by atoms with Crippen molar-refractivity contribution in [2.75, 3.05) is 18.6 Å². The average Bonchev–Trinajstić information content (AvgIpc) is 2.46.